The molecule has 1 aliphatic carbocycles. The van der Waals surface area contributed by atoms with Crippen molar-refractivity contribution in [2.24, 2.45) is 11.3 Å². The molecule has 29 heavy (non-hydrogen) atoms. The molecule has 9 heteroatoms. The van der Waals surface area contributed by atoms with Crippen LogP contribution < -0.4 is 0 Å². The average Bonchev–Trinajstić information content (AvgIpc) is 2.70. The normalized spacial score (nSPS) is 23.7. The second-order valence-corrected chi connectivity index (χ2v) is 12.7. The number of rotatable bonds is 12. The van der Waals surface area contributed by atoms with Gasteiger partial charge in [0.05, 0.1) is 26.4 Å². The first-order chi connectivity index (χ1) is 13.7. The Bertz CT molecular complexity index is 547. The maximum atomic E-state index is 13.7. The first kappa shape index (κ1) is 25.5. The highest BCUT2D eigenvalue weighted by atomic mass is 31.2. The van der Waals surface area contributed by atoms with Crippen molar-refractivity contribution in [3.63, 3.8) is 0 Å². The molecular formula is C20H40O7P2. The van der Waals surface area contributed by atoms with Crippen LogP contribution in [0.25, 0.3) is 0 Å². The van der Waals surface area contributed by atoms with E-state index < -0.39 is 21.3 Å². The molecule has 0 aromatic carbocycles. The van der Waals surface area contributed by atoms with Crippen molar-refractivity contribution in [1.29, 1.82) is 0 Å². The van der Waals surface area contributed by atoms with E-state index in [4.69, 9.17) is 22.6 Å². The van der Waals surface area contributed by atoms with Gasteiger partial charge in [0.15, 0.2) is 5.85 Å². The first-order valence-corrected chi connectivity index (χ1v) is 14.3. The van der Waals surface area contributed by atoms with E-state index in [0.29, 0.717) is 13.2 Å². The SMILES string of the molecule is CCCCOP(=O)(OCCCC)OC(C1CCCCC1)P1(=O)OCC(C)(C)CO1. The van der Waals surface area contributed by atoms with Crippen LogP contribution in [0.4, 0.5) is 0 Å². The minimum Gasteiger partial charge on any atom is -0.306 e. The Morgan fingerprint density at radius 1 is 1.00 bits per heavy atom. The van der Waals surface area contributed by atoms with Crippen molar-refractivity contribution in [2.75, 3.05) is 26.4 Å². The van der Waals surface area contributed by atoms with Crippen LogP contribution in [0.5, 0.6) is 0 Å². The van der Waals surface area contributed by atoms with Crippen molar-refractivity contribution in [3.05, 3.63) is 0 Å². The molecule has 0 radical (unpaired) electrons. The van der Waals surface area contributed by atoms with Gasteiger partial charge in [-0.2, -0.15) is 0 Å². The topological polar surface area (TPSA) is 80.3 Å². The molecule has 0 N–H and O–H groups in total. The third-order valence-corrected chi connectivity index (χ3v) is 9.14. The van der Waals surface area contributed by atoms with E-state index in [1.807, 2.05) is 27.7 Å². The van der Waals surface area contributed by atoms with Crippen molar-refractivity contribution in [1.82, 2.24) is 0 Å². The van der Waals surface area contributed by atoms with Gasteiger partial charge >= 0.3 is 15.4 Å². The molecule has 1 unspecified atom stereocenters. The fraction of sp³-hybridized carbons (Fsp3) is 1.00. The Kier molecular flexibility index (Phi) is 10.3. The molecule has 2 aliphatic rings. The van der Waals surface area contributed by atoms with Crippen LogP contribution in [0.15, 0.2) is 0 Å². The van der Waals surface area contributed by atoms with Gasteiger partial charge in [0.25, 0.3) is 0 Å². The maximum absolute atomic E-state index is 13.7. The van der Waals surface area contributed by atoms with Crippen molar-refractivity contribution in [3.8, 4) is 0 Å². The third-order valence-electron chi connectivity index (χ3n) is 5.37. The van der Waals surface area contributed by atoms with E-state index in [2.05, 4.69) is 0 Å². The summed E-state index contributed by atoms with van der Waals surface area (Å²) >= 11 is 0. The van der Waals surface area contributed by atoms with Gasteiger partial charge in [-0.05, 0) is 31.6 Å². The molecule has 172 valence electrons. The molecule has 0 aromatic rings. The highest BCUT2D eigenvalue weighted by Gasteiger charge is 2.51. The second kappa shape index (κ2) is 11.8. The van der Waals surface area contributed by atoms with E-state index in [1.54, 1.807) is 0 Å². The largest absolute Gasteiger partial charge is 0.475 e. The fourth-order valence-electron chi connectivity index (χ4n) is 3.45. The van der Waals surface area contributed by atoms with Crippen LogP contribution in [0.1, 0.15) is 85.5 Å². The molecular weight excluding hydrogens is 414 g/mol. The zero-order chi connectivity index (χ0) is 21.4. The predicted molar refractivity (Wildman–Crippen MR) is 114 cm³/mol. The quantitative estimate of drug-likeness (QED) is 0.234. The number of phosphoric ester groups is 1. The zero-order valence-electron chi connectivity index (χ0n) is 18.6. The van der Waals surface area contributed by atoms with E-state index >= 15 is 0 Å². The summed E-state index contributed by atoms with van der Waals surface area (Å²) in [6.07, 6.45) is 8.17. The van der Waals surface area contributed by atoms with Gasteiger partial charge in [-0.3, -0.25) is 18.1 Å². The Morgan fingerprint density at radius 3 is 2.00 bits per heavy atom. The third kappa shape index (κ3) is 8.03. The molecule has 0 aromatic heterocycles. The van der Waals surface area contributed by atoms with Gasteiger partial charge in [0.1, 0.15) is 0 Å². The van der Waals surface area contributed by atoms with Crippen LogP contribution >= 0.6 is 15.4 Å². The Morgan fingerprint density at radius 2 is 1.52 bits per heavy atom. The van der Waals surface area contributed by atoms with Crippen LogP contribution in [-0.2, 0) is 31.7 Å². The monoisotopic (exact) mass is 454 g/mol. The molecule has 7 nitrogen and oxygen atoms in total. The van der Waals surface area contributed by atoms with E-state index in [1.165, 1.54) is 0 Å². The van der Waals surface area contributed by atoms with Crippen molar-refractivity contribution in [2.45, 2.75) is 91.3 Å². The maximum Gasteiger partial charge on any atom is 0.475 e. The predicted octanol–water partition coefficient (Wildman–Crippen LogP) is 6.92. The van der Waals surface area contributed by atoms with Gasteiger partial charge in [0.2, 0.25) is 0 Å². The smallest absolute Gasteiger partial charge is 0.306 e. The van der Waals surface area contributed by atoms with Crippen LogP contribution in [-0.4, -0.2) is 32.3 Å². The lowest BCUT2D eigenvalue weighted by Crippen LogP contribution is -2.35. The molecule has 0 bridgehead atoms. The van der Waals surface area contributed by atoms with E-state index in [9.17, 15) is 9.13 Å². The molecule has 1 heterocycles. The standard InChI is InChI=1S/C20H40O7P2/c1-5-7-14-23-29(22,24-15-8-6-2)27-19(18-12-10-9-11-13-18)28(21)25-16-20(3,4)17-26-28/h18-19H,5-17H2,1-4H3. The van der Waals surface area contributed by atoms with Crippen LogP contribution in [0.3, 0.4) is 0 Å². The number of unbranched alkanes of at least 4 members (excludes halogenated alkanes) is 2. The highest BCUT2D eigenvalue weighted by molar-refractivity contribution is 7.56. The summed E-state index contributed by atoms with van der Waals surface area (Å²) < 4.78 is 55.8. The summed E-state index contributed by atoms with van der Waals surface area (Å²) in [5.41, 5.74) is -0.218. The molecule has 1 aliphatic heterocycles. The number of hydrogen-bond donors (Lipinski definition) is 0. The van der Waals surface area contributed by atoms with Crippen LogP contribution in [0.2, 0.25) is 0 Å². The van der Waals surface area contributed by atoms with Gasteiger partial charge in [-0.25, -0.2) is 4.57 Å². The van der Waals surface area contributed by atoms with Gasteiger partial charge in [-0.1, -0.05) is 59.8 Å². The summed E-state index contributed by atoms with van der Waals surface area (Å²) in [6, 6.07) is 0. The lowest BCUT2D eigenvalue weighted by molar-refractivity contribution is 0.00437. The number of phosphoric acid groups is 1. The molecule has 1 atom stereocenters. The average molecular weight is 454 g/mol. The molecule has 1 saturated heterocycles. The fourth-order valence-corrected chi connectivity index (χ4v) is 7.84. The zero-order valence-corrected chi connectivity index (χ0v) is 20.4. The summed E-state index contributed by atoms with van der Waals surface area (Å²) in [7, 11) is -7.48. The van der Waals surface area contributed by atoms with Crippen LogP contribution in [0, 0.1) is 11.3 Å². The van der Waals surface area contributed by atoms with Gasteiger partial charge in [0, 0.05) is 5.41 Å². The molecule has 1 saturated carbocycles. The van der Waals surface area contributed by atoms with Gasteiger partial charge in [-0.15, -0.1) is 0 Å². The molecule has 0 spiro atoms. The minimum absolute atomic E-state index is 0.0475. The van der Waals surface area contributed by atoms with E-state index in [-0.39, 0.29) is 24.5 Å². The lowest BCUT2D eigenvalue weighted by Gasteiger charge is -2.40. The van der Waals surface area contributed by atoms with Crippen molar-refractivity contribution < 1.29 is 31.7 Å². The Balaban J connectivity index is 2.20. The molecule has 2 fully saturated rings. The Hall–Kier alpha value is 0.260. The number of hydrogen-bond acceptors (Lipinski definition) is 7. The summed E-state index contributed by atoms with van der Waals surface area (Å²) in [5, 5.41) is 0. The lowest BCUT2D eigenvalue weighted by atomic mass is 9.90. The molecule has 0 amide bonds. The first-order valence-electron chi connectivity index (χ1n) is 11.2. The summed E-state index contributed by atoms with van der Waals surface area (Å²) in [4.78, 5) is 0. The van der Waals surface area contributed by atoms with E-state index in [0.717, 1.165) is 57.8 Å². The highest BCUT2D eigenvalue weighted by Crippen LogP contribution is 2.66. The minimum atomic E-state index is -3.88. The van der Waals surface area contributed by atoms with Crippen molar-refractivity contribution >= 4 is 15.4 Å². The van der Waals surface area contributed by atoms with Gasteiger partial charge < -0.3 is 9.05 Å². The second-order valence-electron chi connectivity index (χ2n) is 8.97. The summed E-state index contributed by atoms with van der Waals surface area (Å²) in [5.74, 6) is -0.971. The summed E-state index contributed by atoms with van der Waals surface area (Å²) in [6.45, 7) is 9.23. The molecule has 2 rings (SSSR count). The Labute approximate surface area is 176 Å².